The number of alkyl halides is 3. The SMILES string of the molecule is CN1C2CCCC1CC(O)(c1cncc(C(F)(F)F)c1)C2. The summed E-state index contributed by atoms with van der Waals surface area (Å²) in [5, 5.41) is 10.9. The van der Waals surface area contributed by atoms with Crippen LogP contribution >= 0.6 is 0 Å². The van der Waals surface area contributed by atoms with Gasteiger partial charge in [-0.1, -0.05) is 6.42 Å². The highest BCUT2D eigenvalue weighted by Gasteiger charge is 2.45. The second kappa shape index (κ2) is 4.95. The van der Waals surface area contributed by atoms with Crippen molar-refractivity contribution in [3.8, 4) is 0 Å². The molecular formula is C15H19F3N2O. The van der Waals surface area contributed by atoms with Crippen molar-refractivity contribution >= 4 is 0 Å². The van der Waals surface area contributed by atoms with Gasteiger partial charge in [0.05, 0.1) is 11.2 Å². The van der Waals surface area contributed by atoms with Crippen LogP contribution in [0, 0.1) is 0 Å². The third kappa shape index (κ3) is 2.66. The Kier molecular flexibility index (Phi) is 3.48. The van der Waals surface area contributed by atoms with Gasteiger partial charge in [0.15, 0.2) is 0 Å². The third-order valence-electron chi connectivity index (χ3n) is 4.98. The Balaban J connectivity index is 1.93. The number of rotatable bonds is 1. The van der Waals surface area contributed by atoms with Crippen molar-refractivity contribution in [3.63, 3.8) is 0 Å². The summed E-state index contributed by atoms with van der Waals surface area (Å²) >= 11 is 0. The minimum atomic E-state index is -4.43. The van der Waals surface area contributed by atoms with Crippen LogP contribution in [0.15, 0.2) is 18.5 Å². The molecule has 2 bridgehead atoms. The van der Waals surface area contributed by atoms with Crippen molar-refractivity contribution in [2.45, 2.75) is 56.0 Å². The maximum Gasteiger partial charge on any atom is 0.417 e. The van der Waals surface area contributed by atoms with E-state index in [4.69, 9.17) is 0 Å². The third-order valence-corrected chi connectivity index (χ3v) is 4.98. The predicted octanol–water partition coefficient (Wildman–Crippen LogP) is 2.93. The van der Waals surface area contributed by atoms with Gasteiger partial charge in [0, 0.05) is 30.0 Å². The number of hydrogen-bond donors (Lipinski definition) is 1. The Morgan fingerprint density at radius 2 is 1.86 bits per heavy atom. The Morgan fingerprint density at radius 3 is 2.43 bits per heavy atom. The normalized spacial score (nSPS) is 34.0. The van der Waals surface area contributed by atoms with E-state index in [1.165, 1.54) is 6.20 Å². The fourth-order valence-corrected chi connectivity index (χ4v) is 3.73. The monoisotopic (exact) mass is 300 g/mol. The van der Waals surface area contributed by atoms with Crippen LogP contribution in [-0.4, -0.2) is 34.1 Å². The quantitative estimate of drug-likeness (QED) is 0.866. The van der Waals surface area contributed by atoms with Gasteiger partial charge in [-0.25, -0.2) is 0 Å². The molecule has 2 saturated heterocycles. The highest BCUT2D eigenvalue weighted by Crippen LogP contribution is 2.44. The van der Waals surface area contributed by atoms with Crippen LogP contribution in [0.5, 0.6) is 0 Å². The van der Waals surface area contributed by atoms with Crippen LogP contribution in [-0.2, 0) is 11.8 Å². The summed E-state index contributed by atoms with van der Waals surface area (Å²) < 4.78 is 38.5. The molecule has 3 rings (SSSR count). The average Bonchev–Trinajstić information content (AvgIpc) is 2.40. The first-order chi connectivity index (χ1) is 9.79. The van der Waals surface area contributed by atoms with Crippen LogP contribution in [0.3, 0.4) is 0 Å². The fourth-order valence-electron chi connectivity index (χ4n) is 3.73. The first-order valence-electron chi connectivity index (χ1n) is 7.27. The molecule has 0 radical (unpaired) electrons. The summed E-state index contributed by atoms with van der Waals surface area (Å²) in [6.45, 7) is 0. The molecule has 1 aromatic rings. The van der Waals surface area contributed by atoms with Gasteiger partial charge < -0.3 is 10.0 Å². The van der Waals surface area contributed by atoms with Gasteiger partial charge >= 0.3 is 6.18 Å². The van der Waals surface area contributed by atoms with Gasteiger partial charge in [-0.15, -0.1) is 0 Å². The first-order valence-corrected chi connectivity index (χ1v) is 7.27. The number of aromatic nitrogens is 1. The molecule has 6 heteroatoms. The van der Waals surface area contributed by atoms with Crippen LogP contribution in [0.25, 0.3) is 0 Å². The van der Waals surface area contributed by atoms with Crippen LogP contribution in [0.2, 0.25) is 0 Å². The summed E-state index contributed by atoms with van der Waals surface area (Å²) in [6.07, 6.45) is 1.80. The van der Waals surface area contributed by atoms with Crippen molar-refractivity contribution in [2.24, 2.45) is 0 Å². The molecule has 2 aliphatic rings. The lowest BCUT2D eigenvalue weighted by Crippen LogP contribution is -2.55. The molecule has 2 unspecified atom stereocenters. The number of halogens is 3. The van der Waals surface area contributed by atoms with E-state index in [1.807, 2.05) is 7.05 Å². The summed E-state index contributed by atoms with van der Waals surface area (Å²) in [6, 6.07) is 1.52. The van der Waals surface area contributed by atoms with Crippen molar-refractivity contribution in [2.75, 3.05) is 7.05 Å². The van der Waals surface area contributed by atoms with Gasteiger partial charge in [-0.3, -0.25) is 4.98 Å². The second-order valence-corrected chi connectivity index (χ2v) is 6.30. The molecule has 116 valence electrons. The molecule has 0 spiro atoms. The second-order valence-electron chi connectivity index (χ2n) is 6.30. The standard InChI is InChI=1S/C15H19F3N2O/c1-20-12-3-2-4-13(20)7-14(21,6-12)10-5-11(9-19-8-10)15(16,17)18/h5,8-9,12-13,21H,2-4,6-7H2,1H3. The van der Waals surface area contributed by atoms with Crippen molar-refractivity contribution in [1.29, 1.82) is 0 Å². The highest BCUT2D eigenvalue weighted by atomic mass is 19.4. The van der Waals surface area contributed by atoms with E-state index in [9.17, 15) is 18.3 Å². The maximum absolute atomic E-state index is 12.8. The molecular weight excluding hydrogens is 281 g/mol. The predicted molar refractivity (Wildman–Crippen MR) is 71.6 cm³/mol. The Morgan fingerprint density at radius 1 is 1.24 bits per heavy atom. The van der Waals surface area contributed by atoms with Crippen LogP contribution < -0.4 is 0 Å². The average molecular weight is 300 g/mol. The number of hydrogen-bond acceptors (Lipinski definition) is 3. The molecule has 0 aliphatic carbocycles. The molecule has 1 aromatic heterocycles. The van der Waals surface area contributed by atoms with E-state index in [1.54, 1.807) is 0 Å². The Bertz CT molecular complexity index is 518. The molecule has 0 saturated carbocycles. The lowest BCUT2D eigenvalue weighted by molar-refractivity contribution is -0.138. The smallest absolute Gasteiger partial charge is 0.385 e. The van der Waals surface area contributed by atoms with E-state index in [0.29, 0.717) is 18.4 Å². The molecule has 0 amide bonds. The molecule has 21 heavy (non-hydrogen) atoms. The fraction of sp³-hybridized carbons (Fsp3) is 0.667. The molecule has 2 fully saturated rings. The first kappa shape index (κ1) is 14.8. The molecule has 2 aliphatic heterocycles. The van der Waals surface area contributed by atoms with Crippen molar-refractivity contribution in [3.05, 3.63) is 29.6 Å². The minimum absolute atomic E-state index is 0.233. The summed E-state index contributed by atoms with van der Waals surface area (Å²) in [7, 11) is 2.04. The maximum atomic E-state index is 12.8. The van der Waals surface area contributed by atoms with E-state index < -0.39 is 17.3 Å². The minimum Gasteiger partial charge on any atom is -0.385 e. The van der Waals surface area contributed by atoms with E-state index in [-0.39, 0.29) is 12.1 Å². The van der Waals surface area contributed by atoms with Crippen LogP contribution in [0.1, 0.15) is 43.2 Å². The Labute approximate surface area is 121 Å². The van der Waals surface area contributed by atoms with Gasteiger partial charge in [-0.05, 0) is 38.8 Å². The zero-order valence-corrected chi connectivity index (χ0v) is 11.9. The number of nitrogens with zero attached hydrogens (tertiary/aromatic N) is 2. The zero-order chi connectivity index (χ0) is 15.3. The van der Waals surface area contributed by atoms with E-state index in [2.05, 4.69) is 9.88 Å². The number of pyridine rings is 1. The Hall–Kier alpha value is -1.14. The zero-order valence-electron chi connectivity index (χ0n) is 11.9. The van der Waals surface area contributed by atoms with Gasteiger partial charge in [-0.2, -0.15) is 13.2 Å². The summed E-state index contributed by atoms with van der Waals surface area (Å²) in [5.41, 5.74) is -1.70. The van der Waals surface area contributed by atoms with Crippen LogP contribution in [0.4, 0.5) is 13.2 Å². The molecule has 3 heterocycles. The molecule has 0 aromatic carbocycles. The van der Waals surface area contributed by atoms with Gasteiger partial charge in [0.1, 0.15) is 0 Å². The largest absolute Gasteiger partial charge is 0.417 e. The molecule has 1 N–H and O–H groups in total. The number of fused-ring (bicyclic) bond motifs is 2. The van der Waals surface area contributed by atoms with E-state index in [0.717, 1.165) is 31.5 Å². The van der Waals surface area contributed by atoms with Gasteiger partial charge in [0.25, 0.3) is 0 Å². The van der Waals surface area contributed by atoms with Gasteiger partial charge in [0.2, 0.25) is 0 Å². The molecule has 2 atom stereocenters. The molecule has 3 nitrogen and oxygen atoms in total. The topological polar surface area (TPSA) is 36.4 Å². The lowest BCUT2D eigenvalue weighted by Gasteiger charge is -2.50. The van der Waals surface area contributed by atoms with E-state index >= 15 is 0 Å². The lowest BCUT2D eigenvalue weighted by atomic mass is 9.73. The summed E-state index contributed by atoms with van der Waals surface area (Å²) in [5.74, 6) is 0. The number of piperidine rings is 2. The summed E-state index contributed by atoms with van der Waals surface area (Å²) in [4.78, 5) is 5.95. The highest BCUT2D eigenvalue weighted by molar-refractivity contribution is 5.27. The van der Waals surface area contributed by atoms with Crippen molar-refractivity contribution < 1.29 is 18.3 Å². The number of aliphatic hydroxyl groups is 1. The van der Waals surface area contributed by atoms with Crippen molar-refractivity contribution in [1.82, 2.24) is 9.88 Å².